The van der Waals surface area contributed by atoms with Gasteiger partial charge in [0.1, 0.15) is 6.61 Å². The number of H-pyrrole nitrogens is 1. The summed E-state index contributed by atoms with van der Waals surface area (Å²) in [5.74, 6) is -0.378. The summed E-state index contributed by atoms with van der Waals surface area (Å²) in [5.41, 5.74) is 4.08. The van der Waals surface area contributed by atoms with Gasteiger partial charge in [0.25, 0.3) is 0 Å². The predicted octanol–water partition coefficient (Wildman–Crippen LogP) is 4.41. The topological polar surface area (TPSA) is 55.0 Å². The largest absolute Gasteiger partial charge is 0.458 e. The van der Waals surface area contributed by atoms with Gasteiger partial charge in [0.05, 0.1) is 6.33 Å². The Bertz CT molecular complexity index is 838. The summed E-state index contributed by atoms with van der Waals surface area (Å²) in [6.07, 6.45) is 7.45. The molecule has 2 aromatic carbocycles. The molecule has 0 saturated carbocycles. The minimum Gasteiger partial charge on any atom is -0.458 e. The molecule has 1 heterocycles. The summed E-state index contributed by atoms with van der Waals surface area (Å²) in [4.78, 5) is 18.9. The molecule has 0 unspecified atom stereocenters. The normalized spacial score (nSPS) is 10.9. The molecule has 0 amide bonds. The van der Waals surface area contributed by atoms with E-state index in [1.165, 1.54) is 11.6 Å². The number of carbonyl (C=O) groups excluding carboxylic acids is 1. The zero-order valence-electron chi connectivity index (χ0n) is 13.5. The summed E-state index contributed by atoms with van der Waals surface area (Å²) >= 11 is 5.82. The molecule has 0 spiro atoms. The highest BCUT2D eigenvalue weighted by molar-refractivity contribution is 6.30. The van der Waals surface area contributed by atoms with Crippen LogP contribution in [0.2, 0.25) is 5.02 Å². The molecule has 3 rings (SSSR count). The first-order valence-corrected chi connectivity index (χ1v) is 8.22. The van der Waals surface area contributed by atoms with Crippen molar-refractivity contribution in [1.29, 1.82) is 0 Å². The molecule has 1 N–H and O–H groups in total. The molecule has 0 aliphatic heterocycles. The van der Waals surface area contributed by atoms with E-state index in [1.54, 1.807) is 24.5 Å². The number of imidazole rings is 1. The number of benzene rings is 2. The number of nitrogens with one attached hydrogen (secondary N) is 1. The Morgan fingerprint density at radius 2 is 1.80 bits per heavy atom. The molecular formula is C20H17ClN2O2. The number of aromatic amines is 1. The third-order valence-corrected chi connectivity index (χ3v) is 3.89. The SMILES string of the molecule is O=C(/C=C/c1ccc(Cc2cnc[nH]2)cc1)OCc1ccc(Cl)cc1. The Morgan fingerprint density at radius 3 is 2.48 bits per heavy atom. The van der Waals surface area contributed by atoms with Gasteiger partial charge >= 0.3 is 5.97 Å². The molecule has 3 aromatic rings. The summed E-state index contributed by atoms with van der Waals surface area (Å²) in [6.45, 7) is 0.226. The number of hydrogen-bond donors (Lipinski definition) is 1. The molecule has 1 aromatic heterocycles. The molecule has 0 fully saturated rings. The maximum absolute atomic E-state index is 11.8. The van der Waals surface area contributed by atoms with Crippen molar-refractivity contribution in [2.75, 3.05) is 0 Å². The van der Waals surface area contributed by atoms with Gasteiger partial charge in [-0.3, -0.25) is 0 Å². The van der Waals surface area contributed by atoms with E-state index in [9.17, 15) is 4.79 Å². The van der Waals surface area contributed by atoms with E-state index in [0.29, 0.717) is 5.02 Å². The third kappa shape index (κ3) is 5.33. The maximum atomic E-state index is 11.8. The average molecular weight is 353 g/mol. The number of rotatable bonds is 6. The second-order valence-corrected chi connectivity index (χ2v) is 6.00. The lowest BCUT2D eigenvalue weighted by molar-refractivity contribution is -0.138. The van der Waals surface area contributed by atoms with Crippen LogP contribution < -0.4 is 0 Å². The summed E-state index contributed by atoms with van der Waals surface area (Å²) < 4.78 is 5.20. The first kappa shape index (κ1) is 17.0. The van der Waals surface area contributed by atoms with Gasteiger partial charge < -0.3 is 9.72 Å². The standard InChI is InChI=1S/C20H17ClN2O2/c21-18-8-5-17(6-9-18)13-25-20(24)10-7-15-1-3-16(4-2-15)11-19-12-22-14-23-19/h1-10,12,14H,11,13H2,(H,22,23)/b10-7+. The molecule has 0 aliphatic carbocycles. The molecule has 5 heteroatoms. The predicted molar refractivity (Wildman–Crippen MR) is 98.1 cm³/mol. The number of esters is 1. The minimum absolute atomic E-state index is 0.226. The van der Waals surface area contributed by atoms with Crippen molar-refractivity contribution in [3.8, 4) is 0 Å². The van der Waals surface area contributed by atoms with E-state index in [4.69, 9.17) is 16.3 Å². The highest BCUT2D eigenvalue weighted by Gasteiger charge is 2.00. The van der Waals surface area contributed by atoms with Crippen LogP contribution in [0.15, 0.2) is 67.1 Å². The van der Waals surface area contributed by atoms with E-state index >= 15 is 0 Å². The number of aromatic nitrogens is 2. The van der Waals surface area contributed by atoms with Crippen LogP contribution in [0.5, 0.6) is 0 Å². The van der Waals surface area contributed by atoms with Gasteiger partial charge in [0.15, 0.2) is 0 Å². The quantitative estimate of drug-likeness (QED) is 0.528. The molecule has 4 nitrogen and oxygen atoms in total. The van der Waals surface area contributed by atoms with Crippen LogP contribution in [0.3, 0.4) is 0 Å². The number of hydrogen-bond acceptors (Lipinski definition) is 3. The average Bonchev–Trinajstić information content (AvgIpc) is 3.14. The maximum Gasteiger partial charge on any atom is 0.331 e. The van der Waals surface area contributed by atoms with Gasteiger partial charge in [-0.05, 0) is 34.9 Å². The first-order chi connectivity index (χ1) is 12.2. The van der Waals surface area contributed by atoms with Crippen molar-refractivity contribution in [1.82, 2.24) is 9.97 Å². The van der Waals surface area contributed by atoms with Crippen molar-refractivity contribution < 1.29 is 9.53 Å². The molecule has 25 heavy (non-hydrogen) atoms. The van der Waals surface area contributed by atoms with Crippen molar-refractivity contribution in [3.05, 3.63) is 94.5 Å². The number of halogens is 1. The minimum atomic E-state index is -0.378. The van der Waals surface area contributed by atoms with E-state index in [0.717, 1.165) is 23.2 Å². The van der Waals surface area contributed by atoms with Crippen LogP contribution in [0.1, 0.15) is 22.4 Å². The molecule has 0 radical (unpaired) electrons. The summed E-state index contributed by atoms with van der Waals surface area (Å²) in [5, 5.41) is 0.658. The Morgan fingerprint density at radius 1 is 1.08 bits per heavy atom. The number of carbonyl (C=O) groups is 1. The lowest BCUT2D eigenvalue weighted by Crippen LogP contribution is -2.00. The van der Waals surface area contributed by atoms with Crippen LogP contribution in [-0.2, 0) is 22.6 Å². The van der Waals surface area contributed by atoms with Crippen molar-refractivity contribution in [2.45, 2.75) is 13.0 Å². The van der Waals surface area contributed by atoms with Gasteiger partial charge in [-0.2, -0.15) is 0 Å². The second kappa shape index (κ2) is 8.31. The fourth-order valence-electron chi connectivity index (χ4n) is 2.30. The van der Waals surface area contributed by atoms with Crippen LogP contribution in [0.4, 0.5) is 0 Å². The van der Waals surface area contributed by atoms with Gasteiger partial charge in [0.2, 0.25) is 0 Å². The zero-order valence-corrected chi connectivity index (χ0v) is 14.2. The highest BCUT2D eigenvalue weighted by Crippen LogP contribution is 2.12. The Kier molecular flexibility index (Phi) is 5.65. The van der Waals surface area contributed by atoms with Crippen LogP contribution in [0, 0.1) is 0 Å². The zero-order chi connectivity index (χ0) is 17.5. The lowest BCUT2D eigenvalue weighted by Gasteiger charge is -2.02. The van der Waals surface area contributed by atoms with Crippen LogP contribution in [0.25, 0.3) is 6.08 Å². The fourth-order valence-corrected chi connectivity index (χ4v) is 2.42. The van der Waals surface area contributed by atoms with Gasteiger partial charge in [-0.25, -0.2) is 9.78 Å². The Labute approximate surface area is 151 Å². The van der Waals surface area contributed by atoms with E-state index < -0.39 is 0 Å². The van der Waals surface area contributed by atoms with E-state index in [1.807, 2.05) is 42.6 Å². The second-order valence-electron chi connectivity index (χ2n) is 5.56. The summed E-state index contributed by atoms with van der Waals surface area (Å²) in [7, 11) is 0. The Hall–Kier alpha value is -2.85. The molecule has 0 bridgehead atoms. The molecule has 0 aliphatic rings. The lowest BCUT2D eigenvalue weighted by atomic mass is 10.1. The van der Waals surface area contributed by atoms with Gasteiger partial charge in [-0.15, -0.1) is 0 Å². The summed E-state index contributed by atoms with van der Waals surface area (Å²) in [6, 6.07) is 15.2. The molecule has 126 valence electrons. The molecule has 0 saturated heterocycles. The smallest absolute Gasteiger partial charge is 0.331 e. The number of nitrogens with zero attached hydrogens (tertiary/aromatic N) is 1. The van der Waals surface area contributed by atoms with Crippen molar-refractivity contribution >= 4 is 23.6 Å². The van der Waals surface area contributed by atoms with Crippen LogP contribution >= 0.6 is 11.6 Å². The monoisotopic (exact) mass is 352 g/mol. The molecule has 0 atom stereocenters. The van der Waals surface area contributed by atoms with Crippen molar-refractivity contribution in [3.63, 3.8) is 0 Å². The fraction of sp³-hybridized carbons (Fsp3) is 0.100. The number of ether oxygens (including phenoxy) is 1. The Balaban J connectivity index is 1.50. The van der Waals surface area contributed by atoms with E-state index in [2.05, 4.69) is 9.97 Å². The highest BCUT2D eigenvalue weighted by atomic mass is 35.5. The molecular weight excluding hydrogens is 336 g/mol. The van der Waals surface area contributed by atoms with Gasteiger partial charge in [0, 0.05) is 29.4 Å². The van der Waals surface area contributed by atoms with Gasteiger partial charge in [-0.1, -0.05) is 48.0 Å². The third-order valence-electron chi connectivity index (χ3n) is 3.64. The van der Waals surface area contributed by atoms with Crippen molar-refractivity contribution in [2.24, 2.45) is 0 Å². The van der Waals surface area contributed by atoms with Crippen LogP contribution in [-0.4, -0.2) is 15.9 Å². The first-order valence-electron chi connectivity index (χ1n) is 7.84. The van der Waals surface area contributed by atoms with E-state index in [-0.39, 0.29) is 12.6 Å².